The van der Waals surface area contributed by atoms with Crippen LogP contribution in [-0.4, -0.2) is 21.0 Å². The smallest absolute Gasteiger partial charge is 0.354 e. The molecule has 1 aromatic carbocycles. The van der Waals surface area contributed by atoms with E-state index in [0.29, 0.717) is 11.6 Å². The molecule has 104 valence electrons. The third-order valence-electron chi connectivity index (χ3n) is 2.99. The number of carboxylic acid groups (broad SMARTS) is 1. The molecule has 0 radical (unpaired) electrons. The van der Waals surface area contributed by atoms with E-state index >= 15 is 0 Å². The van der Waals surface area contributed by atoms with E-state index in [0.717, 1.165) is 16.8 Å². The highest BCUT2D eigenvalue weighted by molar-refractivity contribution is 5.86. The van der Waals surface area contributed by atoms with Gasteiger partial charge in [0.25, 0.3) is 0 Å². The van der Waals surface area contributed by atoms with Gasteiger partial charge in [-0.05, 0) is 38.8 Å². The van der Waals surface area contributed by atoms with Crippen LogP contribution in [0, 0.1) is 27.7 Å². The molecule has 0 saturated heterocycles. The van der Waals surface area contributed by atoms with Crippen LogP contribution in [0.5, 0.6) is 0 Å². The van der Waals surface area contributed by atoms with E-state index in [1.807, 2.05) is 20.8 Å². The molecule has 0 saturated carbocycles. The van der Waals surface area contributed by atoms with Gasteiger partial charge in [-0.25, -0.2) is 14.8 Å². The minimum Gasteiger partial charge on any atom is -0.477 e. The number of carbonyl (C=O) groups is 1. The van der Waals surface area contributed by atoms with Gasteiger partial charge < -0.3 is 10.4 Å². The number of hydrogen-bond donors (Lipinski definition) is 2. The van der Waals surface area contributed by atoms with Gasteiger partial charge >= 0.3 is 5.97 Å². The topological polar surface area (TPSA) is 75.1 Å². The molecule has 0 fully saturated rings. The molecule has 1 aromatic heterocycles. The number of aromatic nitrogens is 2. The van der Waals surface area contributed by atoms with E-state index in [1.165, 1.54) is 11.6 Å². The van der Waals surface area contributed by atoms with E-state index in [-0.39, 0.29) is 5.69 Å². The van der Waals surface area contributed by atoms with Crippen molar-refractivity contribution in [2.75, 3.05) is 5.32 Å². The molecule has 0 aliphatic heterocycles. The first-order valence-electron chi connectivity index (χ1n) is 6.30. The van der Waals surface area contributed by atoms with Gasteiger partial charge in [-0.1, -0.05) is 17.7 Å². The highest BCUT2D eigenvalue weighted by atomic mass is 16.4. The lowest BCUT2D eigenvalue weighted by Gasteiger charge is -2.13. The standard InChI is InChI=1S/C15H17N3O2/c1-8-5-9(2)14(10(3)6-8)18-13-7-12(15(19)20)16-11(4)17-13/h5-7H,1-4H3,(H,19,20)(H,16,17,18). The average Bonchev–Trinajstić information content (AvgIpc) is 2.33. The van der Waals surface area contributed by atoms with Crippen LogP contribution in [0.4, 0.5) is 11.5 Å². The summed E-state index contributed by atoms with van der Waals surface area (Å²) in [5.41, 5.74) is 4.31. The number of rotatable bonds is 3. The molecule has 5 heteroatoms. The third kappa shape index (κ3) is 2.93. The summed E-state index contributed by atoms with van der Waals surface area (Å²) in [7, 11) is 0. The molecule has 0 unspecified atom stereocenters. The molecule has 20 heavy (non-hydrogen) atoms. The lowest BCUT2D eigenvalue weighted by Crippen LogP contribution is -2.07. The van der Waals surface area contributed by atoms with E-state index in [2.05, 4.69) is 27.4 Å². The van der Waals surface area contributed by atoms with Crippen molar-refractivity contribution < 1.29 is 9.90 Å². The second kappa shape index (κ2) is 5.28. The normalized spacial score (nSPS) is 10.4. The van der Waals surface area contributed by atoms with Crippen molar-refractivity contribution in [2.45, 2.75) is 27.7 Å². The van der Waals surface area contributed by atoms with Gasteiger partial charge in [-0.15, -0.1) is 0 Å². The quantitative estimate of drug-likeness (QED) is 0.896. The van der Waals surface area contributed by atoms with Crippen molar-refractivity contribution in [1.29, 1.82) is 0 Å². The highest BCUT2D eigenvalue weighted by Crippen LogP contribution is 2.25. The maximum Gasteiger partial charge on any atom is 0.354 e. The van der Waals surface area contributed by atoms with Gasteiger partial charge in [0, 0.05) is 11.8 Å². The molecule has 0 spiro atoms. The average molecular weight is 271 g/mol. The minimum absolute atomic E-state index is 0.0117. The number of benzene rings is 1. The Balaban J connectivity index is 2.42. The Morgan fingerprint density at radius 3 is 2.20 bits per heavy atom. The molecular formula is C15H17N3O2. The van der Waals surface area contributed by atoms with Crippen LogP contribution < -0.4 is 5.32 Å². The maximum absolute atomic E-state index is 11.0. The largest absolute Gasteiger partial charge is 0.477 e. The van der Waals surface area contributed by atoms with Gasteiger partial charge in [0.1, 0.15) is 11.6 Å². The Bertz CT molecular complexity index is 658. The number of carboxylic acids is 1. The summed E-state index contributed by atoms with van der Waals surface area (Å²) in [5, 5.41) is 12.2. The van der Waals surface area contributed by atoms with Gasteiger partial charge in [0.05, 0.1) is 0 Å². The summed E-state index contributed by atoms with van der Waals surface area (Å²) in [6, 6.07) is 5.58. The highest BCUT2D eigenvalue weighted by Gasteiger charge is 2.10. The summed E-state index contributed by atoms with van der Waals surface area (Å²) >= 11 is 0. The second-order valence-corrected chi connectivity index (χ2v) is 4.89. The number of nitrogens with one attached hydrogen (secondary N) is 1. The lowest BCUT2D eigenvalue weighted by atomic mass is 10.1. The Morgan fingerprint density at radius 1 is 1.05 bits per heavy atom. The van der Waals surface area contributed by atoms with Crippen LogP contribution in [0.3, 0.4) is 0 Å². The lowest BCUT2D eigenvalue weighted by molar-refractivity contribution is 0.0690. The first kappa shape index (κ1) is 14.0. The van der Waals surface area contributed by atoms with Crippen molar-refractivity contribution in [2.24, 2.45) is 0 Å². The molecule has 0 aliphatic rings. The zero-order valence-electron chi connectivity index (χ0n) is 12.0. The summed E-state index contributed by atoms with van der Waals surface area (Å²) in [6.07, 6.45) is 0. The Labute approximate surface area is 117 Å². The van der Waals surface area contributed by atoms with Crippen LogP contribution in [0.1, 0.15) is 33.0 Å². The molecular weight excluding hydrogens is 254 g/mol. The minimum atomic E-state index is -1.06. The van der Waals surface area contributed by atoms with Crippen LogP contribution >= 0.6 is 0 Å². The van der Waals surface area contributed by atoms with E-state index < -0.39 is 5.97 Å². The van der Waals surface area contributed by atoms with E-state index in [4.69, 9.17) is 5.11 Å². The van der Waals surface area contributed by atoms with Crippen LogP contribution in [0.15, 0.2) is 18.2 Å². The van der Waals surface area contributed by atoms with Gasteiger partial charge in [0.2, 0.25) is 0 Å². The number of nitrogens with zero attached hydrogens (tertiary/aromatic N) is 2. The fraction of sp³-hybridized carbons (Fsp3) is 0.267. The zero-order valence-corrected chi connectivity index (χ0v) is 12.0. The van der Waals surface area contributed by atoms with E-state index in [1.54, 1.807) is 6.92 Å². The Kier molecular flexibility index (Phi) is 3.70. The Hall–Kier alpha value is -2.43. The van der Waals surface area contributed by atoms with E-state index in [9.17, 15) is 4.79 Å². The molecule has 2 N–H and O–H groups in total. The maximum atomic E-state index is 11.0. The van der Waals surface area contributed by atoms with Gasteiger partial charge in [0.15, 0.2) is 5.69 Å². The van der Waals surface area contributed by atoms with Crippen molar-refractivity contribution >= 4 is 17.5 Å². The molecule has 0 atom stereocenters. The first-order valence-corrected chi connectivity index (χ1v) is 6.30. The number of aryl methyl sites for hydroxylation is 4. The number of hydrogen-bond acceptors (Lipinski definition) is 4. The summed E-state index contributed by atoms with van der Waals surface area (Å²) in [4.78, 5) is 19.1. The summed E-state index contributed by atoms with van der Waals surface area (Å²) < 4.78 is 0. The zero-order chi connectivity index (χ0) is 14.9. The summed E-state index contributed by atoms with van der Waals surface area (Å²) in [6.45, 7) is 7.73. The predicted molar refractivity (Wildman–Crippen MR) is 77.7 cm³/mol. The fourth-order valence-corrected chi connectivity index (χ4v) is 2.25. The number of anilines is 2. The predicted octanol–water partition coefficient (Wildman–Crippen LogP) is 3.15. The van der Waals surface area contributed by atoms with Crippen LogP contribution in [-0.2, 0) is 0 Å². The molecule has 0 amide bonds. The molecule has 0 bridgehead atoms. The molecule has 2 rings (SSSR count). The van der Waals surface area contributed by atoms with Crippen LogP contribution in [0.2, 0.25) is 0 Å². The fourth-order valence-electron chi connectivity index (χ4n) is 2.25. The van der Waals surface area contributed by atoms with Gasteiger partial charge in [-0.2, -0.15) is 0 Å². The van der Waals surface area contributed by atoms with Crippen LogP contribution in [0.25, 0.3) is 0 Å². The third-order valence-corrected chi connectivity index (χ3v) is 2.99. The van der Waals surface area contributed by atoms with Gasteiger partial charge in [-0.3, -0.25) is 0 Å². The molecule has 5 nitrogen and oxygen atoms in total. The molecule has 0 aliphatic carbocycles. The number of aromatic carboxylic acids is 1. The molecule has 2 aromatic rings. The van der Waals surface area contributed by atoms with Crippen molar-refractivity contribution in [3.63, 3.8) is 0 Å². The summed E-state index contributed by atoms with van der Waals surface area (Å²) in [5.74, 6) is -0.143. The van der Waals surface area contributed by atoms with Crippen molar-refractivity contribution in [1.82, 2.24) is 9.97 Å². The first-order chi connectivity index (χ1) is 9.36. The molecule has 1 heterocycles. The van der Waals surface area contributed by atoms with Crippen molar-refractivity contribution in [3.8, 4) is 0 Å². The second-order valence-electron chi connectivity index (χ2n) is 4.89. The van der Waals surface area contributed by atoms with Crippen molar-refractivity contribution in [3.05, 3.63) is 46.4 Å². The monoisotopic (exact) mass is 271 g/mol. The Morgan fingerprint density at radius 2 is 1.65 bits per heavy atom. The SMILES string of the molecule is Cc1cc(C)c(Nc2cc(C(=O)O)nc(C)n2)c(C)c1.